The molecule has 1 heterocycles. The number of esters is 1. The second-order valence-corrected chi connectivity index (χ2v) is 6.00. The molecule has 1 aromatic carbocycles. The van der Waals surface area contributed by atoms with Gasteiger partial charge in [-0.05, 0) is 50.5 Å². The number of ether oxygens (including phenoxy) is 2. The molecule has 6 heteroatoms. The van der Waals surface area contributed by atoms with Gasteiger partial charge in [-0.2, -0.15) is 0 Å². The predicted molar refractivity (Wildman–Crippen MR) is 97.6 cm³/mol. The highest BCUT2D eigenvalue weighted by Crippen LogP contribution is 2.25. The summed E-state index contributed by atoms with van der Waals surface area (Å²) >= 11 is 11.4. The molecule has 0 spiro atoms. The number of fused-ring (bicyclic) bond motifs is 1. The molecule has 0 bridgehead atoms. The molecule has 2 aromatic rings. The third-order valence-corrected chi connectivity index (χ3v) is 3.98. The van der Waals surface area contributed by atoms with Crippen LogP contribution in [-0.4, -0.2) is 35.9 Å². The van der Waals surface area contributed by atoms with Crippen molar-refractivity contribution in [2.45, 2.75) is 26.2 Å². The molecule has 0 atom stereocenters. The SMILES string of the molecule is CCOC(=O)c1cc(CCCCl)nc2ccc(OCCCCl)cc12. The predicted octanol–water partition coefficient (Wildman–Crippen LogP) is 4.59. The summed E-state index contributed by atoms with van der Waals surface area (Å²) in [7, 11) is 0. The van der Waals surface area contributed by atoms with E-state index in [0.29, 0.717) is 36.3 Å². The number of hydrogen-bond donors (Lipinski definition) is 0. The first-order valence-electron chi connectivity index (χ1n) is 8.05. The van der Waals surface area contributed by atoms with Crippen molar-refractivity contribution in [1.29, 1.82) is 0 Å². The Kier molecular flexibility index (Phi) is 7.60. The van der Waals surface area contributed by atoms with E-state index in [1.165, 1.54) is 0 Å². The van der Waals surface area contributed by atoms with Crippen LogP contribution in [0.15, 0.2) is 24.3 Å². The highest BCUT2D eigenvalue weighted by atomic mass is 35.5. The van der Waals surface area contributed by atoms with Crippen molar-refractivity contribution < 1.29 is 14.3 Å². The van der Waals surface area contributed by atoms with E-state index >= 15 is 0 Å². The summed E-state index contributed by atoms with van der Waals surface area (Å²) in [5.41, 5.74) is 2.09. The number of benzene rings is 1. The fourth-order valence-corrected chi connectivity index (χ4v) is 2.59. The standard InChI is InChI=1S/C18H21Cl2NO3/c1-2-23-18(22)16-11-13(5-3-8-19)21-17-7-6-14(12-15(16)17)24-10-4-9-20/h6-7,11-12H,2-5,8-10H2,1H3. The van der Waals surface area contributed by atoms with Gasteiger partial charge in [-0.1, -0.05) is 0 Å². The normalized spacial score (nSPS) is 10.8. The van der Waals surface area contributed by atoms with E-state index in [2.05, 4.69) is 4.98 Å². The molecule has 0 radical (unpaired) electrons. The van der Waals surface area contributed by atoms with Crippen molar-refractivity contribution in [2.75, 3.05) is 25.0 Å². The Morgan fingerprint density at radius 1 is 1.17 bits per heavy atom. The smallest absolute Gasteiger partial charge is 0.338 e. The highest BCUT2D eigenvalue weighted by Gasteiger charge is 2.15. The van der Waals surface area contributed by atoms with Crippen LogP contribution < -0.4 is 4.74 Å². The van der Waals surface area contributed by atoms with Crippen molar-refractivity contribution in [3.05, 3.63) is 35.5 Å². The quantitative estimate of drug-likeness (QED) is 0.368. The molecule has 0 unspecified atom stereocenters. The number of pyridine rings is 1. The van der Waals surface area contributed by atoms with Crippen molar-refractivity contribution in [3.63, 3.8) is 0 Å². The Hall–Kier alpha value is -1.52. The lowest BCUT2D eigenvalue weighted by Crippen LogP contribution is -2.08. The number of aromatic nitrogens is 1. The van der Waals surface area contributed by atoms with E-state index in [-0.39, 0.29) is 5.97 Å². The van der Waals surface area contributed by atoms with Gasteiger partial charge in [0, 0.05) is 22.8 Å². The van der Waals surface area contributed by atoms with E-state index in [1.807, 2.05) is 18.2 Å². The number of carbonyl (C=O) groups is 1. The lowest BCUT2D eigenvalue weighted by Gasteiger charge is -2.11. The van der Waals surface area contributed by atoms with Gasteiger partial charge in [-0.3, -0.25) is 4.98 Å². The van der Waals surface area contributed by atoms with Gasteiger partial charge in [-0.15, -0.1) is 23.2 Å². The molecule has 0 N–H and O–H groups in total. The van der Waals surface area contributed by atoms with Gasteiger partial charge in [0.1, 0.15) is 5.75 Å². The molecule has 0 saturated heterocycles. The second kappa shape index (κ2) is 9.70. The number of carbonyl (C=O) groups excluding carboxylic acids is 1. The van der Waals surface area contributed by atoms with Crippen molar-refractivity contribution >= 4 is 40.1 Å². The molecule has 0 fully saturated rings. The van der Waals surface area contributed by atoms with Crippen LogP contribution >= 0.6 is 23.2 Å². The number of rotatable bonds is 9. The minimum Gasteiger partial charge on any atom is -0.494 e. The van der Waals surface area contributed by atoms with Gasteiger partial charge in [-0.25, -0.2) is 4.79 Å². The van der Waals surface area contributed by atoms with Gasteiger partial charge < -0.3 is 9.47 Å². The zero-order valence-corrected chi connectivity index (χ0v) is 15.2. The average molecular weight is 370 g/mol. The third-order valence-electron chi connectivity index (χ3n) is 3.44. The highest BCUT2D eigenvalue weighted by molar-refractivity contribution is 6.18. The van der Waals surface area contributed by atoms with Gasteiger partial charge in [0.15, 0.2) is 0 Å². The molecule has 0 aliphatic rings. The zero-order chi connectivity index (χ0) is 17.4. The number of aryl methyl sites for hydroxylation is 1. The summed E-state index contributed by atoms with van der Waals surface area (Å²) in [6.07, 6.45) is 2.29. The lowest BCUT2D eigenvalue weighted by molar-refractivity contribution is 0.0528. The Bertz CT molecular complexity index is 691. The molecule has 4 nitrogen and oxygen atoms in total. The van der Waals surface area contributed by atoms with Gasteiger partial charge in [0.05, 0.1) is 24.3 Å². The van der Waals surface area contributed by atoms with Crippen LogP contribution in [-0.2, 0) is 11.2 Å². The molecule has 130 valence electrons. The third kappa shape index (κ3) is 4.99. The minimum atomic E-state index is -0.352. The topological polar surface area (TPSA) is 48.4 Å². The summed E-state index contributed by atoms with van der Waals surface area (Å²) in [4.78, 5) is 16.9. The Labute approximate surface area is 152 Å². The number of alkyl halides is 2. The first kappa shape index (κ1) is 18.8. The van der Waals surface area contributed by atoms with Gasteiger partial charge in [0.25, 0.3) is 0 Å². The van der Waals surface area contributed by atoms with Crippen molar-refractivity contribution in [3.8, 4) is 5.75 Å². The van der Waals surface area contributed by atoms with Gasteiger partial charge in [0.2, 0.25) is 0 Å². The molecule has 0 saturated carbocycles. The molecule has 0 aliphatic heterocycles. The Morgan fingerprint density at radius 3 is 2.67 bits per heavy atom. The van der Waals surface area contributed by atoms with E-state index in [1.54, 1.807) is 13.0 Å². The number of nitrogens with zero attached hydrogens (tertiary/aromatic N) is 1. The first-order chi connectivity index (χ1) is 11.7. The summed E-state index contributed by atoms with van der Waals surface area (Å²) in [5.74, 6) is 1.44. The van der Waals surface area contributed by atoms with E-state index in [0.717, 1.165) is 35.9 Å². The summed E-state index contributed by atoms with van der Waals surface area (Å²) in [6.45, 7) is 2.65. The minimum absolute atomic E-state index is 0.325. The molecular weight excluding hydrogens is 349 g/mol. The number of halogens is 2. The molecule has 24 heavy (non-hydrogen) atoms. The number of hydrogen-bond acceptors (Lipinski definition) is 4. The maximum atomic E-state index is 12.3. The molecule has 0 aliphatic carbocycles. The Balaban J connectivity index is 2.40. The summed E-state index contributed by atoms with van der Waals surface area (Å²) in [6, 6.07) is 7.33. The first-order valence-corrected chi connectivity index (χ1v) is 9.12. The maximum absolute atomic E-state index is 12.3. The van der Waals surface area contributed by atoms with Gasteiger partial charge >= 0.3 is 5.97 Å². The largest absolute Gasteiger partial charge is 0.494 e. The van der Waals surface area contributed by atoms with Crippen LogP contribution in [0.1, 0.15) is 35.8 Å². The Morgan fingerprint density at radius 2 is 1.96 bits per heavy atom. The van der Waals surface area contributed by atoms with Crippen molar-refractivity contribution in [1.82, 2.24) is 4.98 Å². The fraction of sp³-hybridized carbons (Fsp3) is 0.444. The lowest BCUT2D eigenvalue weighted by atomic mass is 10.1. The van der Waals surface area contributed by atoms with E-state index in [9.17, 15) is 4.79 Å². The molecular formula is C18H21Cl2NO3. The van der Waals surface area contributed by atoms with Crippen LogP contribution in [0.25, 0.3) is 10.9 Å². The van der Waals surface area contributed by atoms with Crippen LogP contribution in [0, 0.1) is 0 Å². The monoisotopic (exact) mass is 369 g/mol. The molecule has 2 rings (SSSR count). The summed E-state index contributed by atoms with van der Waals surface area (Å²) < 4.78 is 10.8. The summed E-state index contributed by atoms with van der Waals surface area (Å²) in [5, 5.41) is 0.728. The fourth-order valence-electron chi connectivity index (χ4n) is 2.35. The van der Waals surface area contributed by atoms with Crippen LogP contribution in [0.2, 0.25) is 0 Å². The van der Waals surface area contributed by atoms with Crippen LogP contribution in [0.4, 0.5) is 0 Å². The van der Waals surface area contributed by atoms with Crippen molar-refractivity contribution in [2.24, 2.45) is 0 Å². The van der Waals surface area contributed by atoms with Crippen LogP contribution in [0.5, 0.6) is 5.75 Å². The molecule has 0 amide bonds. The second-order valence-electron chi connectivity index (χ2n) is 5.24. The average Bonchev–Trinajstić information content (AvgIpc) is 2.59. The molecule has 1 aromatic heterocycles. The van der Waals surface area contributed by atoms with E-state index in [4.69, 9.17) is 32.7 Å². The van der Waals surface area contributed by atoms with Crippen LogP contribution in [0.3, 0.4) is 0 Å². The zero-order valence-electron chi connectivity index (χ0n) is 13.7. The maximum Gasteiger partial charge on any atom is 0.338 e. The van der Waals surface area contributed by atoms with E-state index < -0.39 is 0 Å².